The van der Waals surface area contributed by atoms with Crippen molar-refractivity contribution in [3.8, 4) is 11.4 Å². The Morgan fingerprint density at radius 3 is 1.77 bits per heavy atom. The van der Waals surface area contributed by atoms with E-state index in [0.29, 0.717) is 0 Å². The van der Waals surface area contributed by atoms with Crippen molar-refractivity contribution in [1.29, 1.82) is 0 Å². The van der Waals surface area contributed by atoms with Gasteiger partial charge in [0.05, 0.1) is 33.1 Å². The first-order chi connectivity index (χ1) is 17.4. The summed E-state index contributed by atoms with van der Waals surface area (Å²) < 4.78 is 6.98. The second-order valence-corrected chi connectivity index (χ2v) is 8.92. The van der Waals surface area contributed by atoms with Gasteiger partial charge in [-0.2, -0.15) is 0 Å². The summed E-state index contributed by atoms with van der Waals surface area (Å²) in [6.07, 6.45) is 0. The summed E-state index contributed by atoms with van der Waals surface area (Å²) in [6, 6.07) is 42.7. The lowest BCUT2D eigenvalue weighted by Crippen LogP contribution is -1.95. The van der Waals surface area contributed by atoms with E-state index < -0.39 is 0 Å². The molecule has 3 aromatic heterocycles. The molecule has 0 saturated carbocycles. The van der Waals surface area contributed by atoms with Crippen LogP contribution in [-0.4, -0.2) is 18.5 Å². The van der Waals surface area contributed by atoms with Gasteiger partial charge in [-0.3, -0.25) is 8.97 Å². The summed E-state index contributed by atoms with van der Waals surface area (Å²) in [5, 5.41) is 2.48. The van der Waals surface area contributed by atoms with Crippen LogP contribution < -0.4 is 0 Å². The number of rotatable bonds is 2. The van der Waals surface area contributed by atoms with Gasteiger partial charge in [0.15, 0.2) is 0 Å². The number of fused-ring (bicyclic) bond motifs is 9. The van der Waals surface area contributed by atoms with Gasteiger partial charge in [-0.1, -0.05) is 66.7 Å². The Labute approximate surface area is 200 Å². The smallest absolute Gasteiger partial charge is 0.220 e. The van der Waals surface area contributed by atoms with Crippen LogP contribution in [0.5, 0.6) is 0 Å². The fraction of sp³-hybridized carbons (Fsp3) is 0. The molecule has 8 aromatic rings. The molecular formula is C31H20N4. The van der Waals surface area contributed by atoms with Crippen molar-refractivity contribution in [2.24, 2.45) is 0 Å². The van der Waals surface area contributed by atoms with E-state index in [-0.39, 0.29) is 0 Å². The number of para-hydroxylation sites is 5. The van der Waals surface area contributed by atoms with Crippen molar-refractivity contribution in [3.05, 3.63) is 121 Å². The van der Waals surface area contributed by atoms with E-state index in [9.17, 15) is 0 Å². The van der Waals surface area contributed by atoms with Gasteiger partial charge in [-0.25, -0.2) is 4.98 Å². The molecule has 35 heavy (non-hydrogen) atoms. The minimum Gasteiger partial charge on any atom is -0.307 e. The van der Waals surface area contributed by atoms with Gasteiger partial charge in [0.25, 0.3) is 0 Å². The first-order valence-electron chi connectivity index (χ1n) is 11.8. The zero-order chi connectivity index (χ0) is 22.9. The van der Waals surface area contributed by atoms with Crippen molar-refractivity contribution >= 4 is 49.7 Å². The molecule has 0 aliphatic heterocycles. The molecule has 8 rings (SSSR count). The van der Waals surface area contributed by atoms with Gasteiger partial charge >= 0.3 is 0 Å². The molecule has 0 saturated heterocycles. The normalized spacial score (nSPS) is 12.0. The van der Waals surface area contributed by atoms with Crippen LogP contribution in [0.1, 0.15) is 0 Å². The number of nitrogens with zero attached hydrogens (tertiary/aromatic N) is 4. The molecule has 0 spiro atoms. The number of aromatic nitrogens is 4. The molecule has 5 aromatic carbocycles. The third-order valence-corrected chi connectivity index (χ3v) is 7.03. The van der Waals surface area contributed by atoms with E-state index in [2.05, 4.69) is 135 Å². The van der Waals surface area contributed by atoms with Gasteiger partial charge in [-0.05, 0) is 54.6 Å². The van der Waals surface area contributed by atoms with Crippen LogP contribution in [0.25, 0.3) is 61.0 Å². The van der Waals surface area contributed by atoms with Crippen molar-refractivity contribution in [3.63, 3.8) is 0 Å². The fourth-order valence-electron chi connectivity index (χ4n) is 5.60. The molecule has 3 heterocycles. The zero-order valence-electron chi connectivity index (χ0n) is 18.8. The van der Waals surface area contributed by atoms with Crippen molar-refractivity contribution in [2.45, 2.75) is 0 Å². The van der Waals surface area contributed by atoms with Crippen LogP contribution in [0.15, 0.2) is 121 Å². The average Bonchev–Trinajstić information content (AvgIpc) is 3.56. The third kappa shape index (κ3) is 2.43. The Morgan fingerprint density at radius 2 is 1.03 bits per heavy atom. The van der Waals surface area contributed by atoms with E-state index in [1.54, 1.807) is 0 Å². The minimum atomic E-state index is 0.921. The highest BCUT2D eigenvalue weighted by molar-refractivity contribution is 6.18. The van der Waals surface area contributed by atoms with E-state index >= 15 is 0 Å². The highest BCUT2D eigenvalue weighted by atomic mass is 15.2. The summed E-state index contributed by atoms with van der Waals surface area (Å²) in [6.45, 7) is 0. The highest BCUT2D eigenvalue weighted by Crippen LogP contribution is 2.38. The predicted octanol–water partition coefficient (Wildman–Crippen LogP) is 7.53. The van der Waals surface area contributed by atoms with Crippen molar-refractivity contribution in [1.82, 2.24) is 18.5 Å². The maximum absolute atomic E-state index is 5.20. The van der Waals surface area contributed by atoms with Crippen LogP contribution in [-0.2, 0) is 0 Å². The van der Waals surface area contributed by atoms with Crippen molar-refractivity contribution in [2.75, 3.05) is 0 Å². The molecule has 0 aliphatic rings. The summed E-state index contributed by atoms with van der Waals surface area (Å²) >= 11 is 0. The fourth-order valence-corrected chi connectivity index (χ4v) is 5.60. The lowest BCUT2D eigenvalue weighted by atomic mass is 10.1. The third-order valence-electron chi connectivity index (χ3n) is 7.03. The number of hydrogen-bond acceptors (Lipinski definition) is 1. The van der Waals surface area contributed by atoms with Crippen LogP contribution in [0, 0.1) is 0 Å². The van der Waals surface area contributed by atoms with Crippen LogP contribution in [0.3, 0.4) is 0 Å². The maximum Gasteiger partial charge on any atom is 0.220 e. The number of imidazole rings is 2. The van der Waals surface area contributed by atoms with Crippen LogP contribution >= 0.6 is 0 Å². The molecule has 0 radical (unpaired) electrons. The first kappa shape index (κ1) is 18.6. The predicted molar refractivity (Wildman–Crippen MR) is 144 cm³/mol. The van der Waals surface area contributed by atoms with E-state index in [0.717, 1.165) is 39.2 Å². The quantitative estimate of drug-likeness (QED) is 0.269. The summed E-state index contributed by atoms with van der Waals surface area (Å²) in [5.74, 6) is 0.921. The summed E-state index contributed by atoms with van der Waals surface area (Å²) in [5.41, 5.74) is 9.03. The molecular weight excluding hydrogens is 428 g/mol. The zero-order valence-corrected chi connectivity index (χ0v) is 18.8. The van der Waals surface area contributed by atoms with E-state index in [4.69, 9.17) is 4.98 Å². The molecule has 0 fully saturated rings. The molecule has 0 amide bonds. The standard InChI is InChI=1S/C31H20N4/c1-3-11-21(12-4-1)33-26-16-8-7-15-23(26)24-19-20-25-30(29(24)33)35-28-18-10-9-17-27(28)34(31(35)32-25)22-13-5-2-6-14-22/h1-20H. The molecule has 0 bridgehead atoms. The molecule has 4 nitrogen and oxygen atoms in total. The molecule has 0 unspecified atom stereocenters. The highest BCUT2D eigenvalue weighted by Gasteiger charge is 2.22. The second-order valence-electron chi connectivity index (χ2n) is 8.92. The minimum absolute atomic E-state index is 0.921. The van der Waals surface area contributed by atoms with Gasteiger partial charge in [0, 0.05) is 22.1 Å². The van der Waals surface area contributed by atoms with Crippen LogP contribution in [0.2, 0.25) is 0 Å². The van der Waals surface area contributed by atoms with Gasteiger partial charge in [-0.15, -0.1) is 0 Å². The largest absolute Gasteiger partial charge is 0.307 e. The molecule has 164 valence electrons. The molecule has 0 atom stereocenters. The Kier molecular flexibility index (Phi) is 3.63. The summed E-state index contributed by atoms with van der Waals surface area (Å²) in [4.78, 5) is 5.20. The van der Waals surface area contributed by atoms with E-state index in [1.165, 1.54) is 21.8 Å². The monoisotopic (exact) mass is 448 g/mol. The first-order valence-corrected chi connectivity index (χ1v) is 11.8. The Balaban J connectivity index is 1.66. The average molecular weight is 449 g/mol. The molecule has 4 heteroatoms. The van der Waals surface area contributed by atoms with Gasteiger partial charge in [0.2, 0.25) is 5.78 Å². The Hall–Kier alpha value is -4.83. The molecule has 0 aliphatic carbocycles. The topological polar surface area (TPSA) is 27.2 Å². The maximum atomic E-state index is 5.20. The molecule has 0 N–H and O–H groups in total. The van der Waals surface area contributed by atoms with Gasteiger partial charge < -0.3 is 4.57 Å². The van der Waals surface area contributed by atoms with Crippen LogP contribution in [0.4, 0.5) is 0 Å². The SMILES string of the molecule is c1ccc(-n2c3ccccc3c3ccc4nc5n(-c6ccccc6)c6ccccc6n5c4c32)cc1. The second kappa shape index (κ2) is 6.84. The lowest BCUT2D eigenvalue weighted by molar-refractivity contribution is 1.11. The van der Waals surface area contributed by atoms with Gasteiger partial charge in [0.1, 0.15) is 0 Å². The summed E-state index contributed by atoms with van der Waals surface area (Å²) in [7, 11) is 0. The number of benzene rings is 5. The van der Waals surface area contributed by atoms with Crippen molar-refractivity contribution < 1.29 is 0 Å². The Morgan fingerprint density at radius 1 is 0.429 bits per heavy atom. The Bertz CT molecular complexity index is 2040. The lowest BCUT2D eigenvalue weighted by Gasteiger charge is -2.08. The van der Waals surface area contributed by atoms with E-state index in [1.807, 2.05) is 0 Å². The number of hydrogen-bond donors (Lipinski definition) is 0.